The predicted octanol–water partition coefficient (Wildman–Crippen LogP) is 14.3. The first-order chi connectivity index (χ1) is 37.4. The number of para-hydroxylation sites is 6. The van der Waals surface area contributed by atoms with Gasteiger partial charge in [0.25, 0.3) is 0 Å². The van der Waals surface area contributed by atoms with Crippen molar-refractivity contribution in [2.24, 2.45) is 14.1 Å². The van der Waals surface area contributed by atoms with Crippen molar-refractivity contribution in [2.45, 2.75) is 20.8 Å². The molecule has 0 unspecified atom stereocenters. The molecule has 14 heteroatoms. The number of hydrogen-bond acceptors (Lipinski definition) is 10. The van der Waals surface area contributed by atoms with E-state index in [4.69, 9.17) is 0 Å². The van der Waals surface area contributed by atoms with Crippen LogP contribution in [0.25, 0.3) is 65.9 Å². The topological polar surface area (TPSA) is 115 Å². The number of aryl methyl sites for hydroxylation is 5. The van der Waals surface area contributed by atoms with Crippen LogP contribution in [-0.2, 0) is 56.2 Å². The Balaban J connectivity index is 0.000000128. The average Bonchev–Trinajstić information content (AvgIpc) is 4.37. The standard InChI is InChI=1S/2C19H16N2O.C14H13N3.C13H11N3.2Pt/c2*1-12-10-11-16(19(22)20-12)15-8-5-7-14-13-6-3-4-9-17(13)21(2)18(14)15;1-11-8-13-14(15-9-11)17(10-16(13)2)12-6-4-3-5-7-12;1-15-10-16(11-6-3-2-4-7-11)13-12(15)8-5-9-14-13;;/h2*3-11H,1-2H3,(H,20,22);3-6,8-10H,1-2H3;2-6,8-10H,1H3;;/q;;2*-2;2*+2. The average molecular weight is 1400 g/mol. The van der Waals surface area contributed by atoms with E-state index in [9.17, 15) is 10.2 Å². The SMILES string of the molecule is CN1[CH-]N(c2[c-]cccc2)c2ncccc21.Cc1ccc(-c2cccc3c4ccccc4n(C)c23)c(O)n1.Cc1ccc(-c2cccc3c4ccccc4n(C)c23)c(O)n1.Cc1cnc2c(c1)N(C)[CH-]N2c1[c-]cccc1.[Pt+2].[Pt+2]. The van der Waals surface area contributed by atoms with Crippen LogP contribution in [0, 0.1) is 46.2 Å². The third kappa shape index (κ3) is 10.8. The van der Waals surface area contributed by atoms with Gasteiger partial charge in [0.15, 0.2) is 0 Å². The Morgan fingerprint density at radius 3 is 1.38 bits per heavy atom. The van der Waals surface area contributed by atoms with Crippen molar-refractivity contribution in [1.82, 2.24) is 29.1 Å². The fourth-order valence-corrected chi connectivity index (χ4v) is 10.3. The minimum atomic E-state index is 0. The summed E-state index contributed by atoms with van der Waals surface area (Å²) in [4.78, 5) is 25.5. The van der Waals surface area contributed by atoms with Gasteiger partial charge in [0.2, 0.25) is 11.8 Å². The van der Waals surface area contributed by atoms with Gasteiger partial charge in [-0.25, -0.2) is 19.9 Å². The molecule has 6 aromatic heterocycles. The molecule has 0 bridgehead atoms. The number of pyridine rings is 4. The van der Waals surface area contributed by atoms with Gasteiger partial charge in [-0.15, -0.1) is 11.4 Å². The van der Waals surface area contributed by atoms with Crippen molar-refractivity contribution in [2.75, 3.05) is 33.7 Å². The Morgan fingerprint density at radius 1 is 0.443 bits per heavy atom. The van der Waals surface area contributed by atoms with Crippen LogP contribution >= 0.6 is 0 Å². The first kappa shape index (κ1) is 55.5. The number of nitrogens with zero attached hydrogens (tertiary/aromatic N) is 10. The van der Waals surface area contributed by atoms with Crippen LogP contribution in [0.5, 0.6) is 11.8 Å². The molecule has 79 heavy (non-hydrogen) atoms. The Labute approximate surface area is 489 Å². The maximum atomic E-state index is 10.2. The zero-order valence-electron chi connectivity index (χ0n) is 44.6. The molecule has 0 radical (unpaired) electrons. The molecule has 2 aliphatic heterocycles. The molecule has 12 aromatic rings. The summed E-state index contributed by atoms with van der Waals surface area (Å²) < 4.78 is 4.36. The molecule has 2 N–H and O–H groups in total. The molecule has 0 fully saturated rings. The largest absolute Gasteiger partial charge is 2.00 e. The van der Waals surface area contributed by atoms with E-state index < -0.39 is 0 Å². The Morgan fingerprint density at radius 2 is 0.899 bits per heavy atom. The molecule has 2 aliphatic rings. The van der Waals surface area contributed by atoms with Gasteiger partial charge in [-0.1, -0.05) is 72.8 Å². The van der Waals surface area contributed by atoms with Crippen molar-refractivity contribution in [3.05, 3.63) is 231 Å². The number of aromatic hydroxyl groups is 2. The number of fused-ring (bicyclic) bond motifs is 8. The number of rotatable bonds is 4. The third-order valence-electron chi connectivity index (χ3n) is 13.9. The van der Waals surface area contributed by atoms with Crippen LogP contribution in [-0.4, -0.2) is 53.4 Å². The van der Waals surface area contributed by atoms with Crippen molar-refractivity contribution in [1.29, 1.82) is 0 Å². The molecular formula is C65H56N10O2Pt2. The monoisotopic (exact) mass is 1400 g/mol. The number of anilines is 6. The zero-order chi connectivity index (χ0) is 53.3. The van der Waals surface area contributed by atoms with E-state index in [1.165, 1.54) is 38.1 Å². The second-order valence-electron chi connectivity index (χ2n) is 19.1. The summed E-state index contributed by atoms with van der Waals surface area (Å²) >= 11 is 0. The molecule has 0 amide bonds. The van der Waals surface area contributed by atoms with E-state index in [1.807, 2.05) is 174 Å². The van der Waals surface area contributed by atoms with E-state index in [1.54, 1.807) is 0 Å². The second kappa shape index (κ2) is 23.7. The summed E-state index contributed by atoms with van der Waals surface area (Å²) in [6, 6.07) is 65.2. The summed E-state index contributed by atoms with van der Waals surface area (Å²) in [6.07, 6.45) is 3.70. The Hall–Kier alpha value is -8.30. The van der Waals surface area contributed by atoms with E-state index in [0.29, 0.717) is 0 Å². The Kier molecular flexibility index (Phi) is 16.7. The van der Waals surface area contributed by atoms with Gasteiger partial charge >= 0.3 is 42.1 Å². The number of benzene rings is 6. The van der Waals surface area contributed by atoms with E-state index in [-0.39, 0.29) is 53.9 Å². The summed E-state index contributed by atoms with van der Waals surface area (Å²) in [6.45, 7) is 9.85. The summed E-state index contributed by atoms with van der Waals surface area (Å²) in [7, 11) is 8.17. The quantitative estimate of drug-likeness (QED) is 0.165. The molecule has 8 heterocycles. The van der Waals surface area contributed by atoms with Crippen molar-refractivity contribution in [3.8, 4) is 34.0 Å². The first-order valence-electron chi connectivity index (χ1n) is 25.3. The fraction of sp³-hybridized carbons (Fsp3) is 0.108. The third-order valence-corrected chi connectivity index (χ3v) is 13.9. The smallest absolute Gasteiger partial charge is 0.502 e. The van der Waals surface area contributed by atoms with Crippen LogP contribution in [0.1, 0.15) is 17.0 Å². The molecule has 0 saturated carbocycles. The molecule has 0 spiro atoms. The van der Waals surface area contributed by atoms with Crippen LogP contribution in [0.3, 0.4) is 0 Å². The van der Waals surface area contributed by atoms with Crippen molar-refractivity contribution in [3.63, 3.8) is 0 Å². The summed E-state index contributed by atoms with van der Waals surface area (Å²) in [5.74, 6) is 2.07. The van der Waals surface area contributed by atoms with E-state index >= 15 is 0 Å². The first-order valence-corrected chi connectivity index (χ1v) is 25.3. The van der Waals surface area contributed by atoms with Gasteiger partial charge in [-0.2, -0.15) is 74.0 Å². The van der Waals surface area contributed by atoms with Gasteiger partial charge in [0, 0.05) is 104 Å². The normalized spacial score (nSPS) is 12.2. The molecule has 12 nitrogen and oxygen atoms in total. The maximum Gasteiger partial charge on any atom is 2.00 e. The molecule has 14 rings (SSSR count). The van der Waals surface area contributed by atoms with Gasteiger partial charge in [0.05, 0.1) is 11.0 Å². The predicted molar refractivity (Wildman–Crippen MR) is 314 cm³/mol. The van der Waals surface area contributed by atoms with Crippen LogP contribution in [0.2, 0.25) is 0 Å². The fourth-order valence-electron chi connectivity index (χ4n) is 10.3. The van der Waals surface area contributed by atoms with Gasteiger partial charge in [-0.05, 0) is 95.0 Å². The van der Waals surface area contributed by atoms with Crippen molar-refractivity contribution >= 4 is 78.0 Å². The summed E-state index contributed by atoms with van der Waals surface area (Å²) in [5, 5.41) is 25.3. The van der Waals surface area contributed by atoms with E-state index in [2.05, 4.69) is 138 Å². The van der Waals surface area contributed by atoms with Gasteiger partial charge in [-0.3, -0.25) is 0 Å². The molecule has 6 aromatic carbocycles. The Bertz CT molecular complexity index is 3940. The minimum Gasteiger partial charge on any atom is -0.502 e. The molecular weight excluding hydrogens is 1340 g/mol. The van der Waals surface area contributed by atoms with Gasteiger partial charge < -0.3 is 38.9 Å². The molecule has 0 atom stereocenters. The number of hydrogen-bond donors (Lipinski definition) is 2. The summed E-state index contributed by atoms with van der Waals surface area (Å²) in [5.41, 5.74) is 15.2. The van der Waals surface area contributed by atoms with Crippen LogP contribution in [0.4, 0.5) is 34.4 Å². The number of aromatic nitrogens is 6. The molecule has 398 valence electrons. The van der Waals surface area contributed by atoms with Gasteiger partial charge in [0.1, 0.15) is 11.6 Å². The van der Waals surface area contributed by atoms with Crippen molar-refractivity contribution < 1.29 is 52.3 Å². The van der Waals surface area contributed by atoms with E-state index in [0.717, 1.165) is 79.1 Å². The zero-order valence-corrected chi connectivity index (χ0v) is 49.1. The minimum absolute atomic E-state index is 0. The molecule has 0 aliphatic carbocycles. The maximum absolute atomic E-state index is 10.2. The molecule has 0 saturated heterocycles. The van der Waals surface area contributed by atoms with Crippen LogP contribution in [0.15, 0.2) is 188 Å². The van der Waals surface area contributed by atoms with Crippen LogP contribution < -0.4 is 19.6 Å². The second-order valence-corrected chi connectivity index (χ2v) is 19.1.